The van der Waals surface area contributed by atoms with Gasteiger partial charge in [-0.3, -0.25) is 4.79 Å². The van der Waals surface area contributed by atoms with Gasteiger partial charge >= 0.3 is 0 Å². The van der Waals surface area contributed by atoms with Gasteiger partial charge in [-0.05, 0) is 53.5 Å². The molecule has 0 unspecified atom stereocenters. The predicted octanol–water partition coefficient (Wildman–Crippen LogP) is 3.14. The second-order valence-electron chi connectivity index (χ2n) is 7.73. The molecule has 0 atom stereocenters. The third-order valence-corrected chi connectivity index (χ3v) is 5.73. The number of aryl methyl sites for hydroxylation is 1. The van der Waals surface area contributed by atoms with Gasteiger partial charge in [-0.25, -0.2) is 4.68 Å². The first-order valence-corrected chi connectivity index (χ1v) is 9.81. The summed E-state index contributed by atoms with van der Waals surface area (Å²) < 4.78 is 1.59. The third-order valence-electron chi connectivity index (χ3n) is 5.73. The van der Waals surface area contributed by atoms with E-state index in [1.807, 2.05) is 24.3 Å². The second kappa shape index (κ2) is 7.92. The van der Waals surface area contributed by atoms with Crippen molar-refractivity contribution in [3.63, 3.8) is 0 Å². The van der Waals surface area contributed by atoms with Gasteiger partial charge in [0.25, 0.3) is 0 Å². The largest absolute Gasteiger partial charge is 0.355 e. The van der Waals surface area contributed by atoms with Gasteiger partial charge in [0.15, 0.2) is 0 Å². The Balaban J connectivity index is 1.39. The number of rotatable bonds is 6. The summed E-state index contributed by atoms with van der Waals surface area (Å²) in [5, 5.41) is 14.3. The Hall–Kier alpha value is -3.02. The molecule has 6 nitrogen and oxygen atoms in total. The predicted molar refractivity (Wildman–Crippen MR) is 107 cm³/mol. The number of benzene rings is 2. The van der Waals surface area contributed by atoms with Gasteiger partial charge in [-0.2, -0.15) is 0 Å². The van der Waals surface area contributed by atoms with Crippen LogP contribution in [0.2, 0.25) is 0 Å². The fourth-order valence-electron chi connectivity index (χ4n) is 4.16. The summed E-state index contributed by atoms with van der Waals surface area (Å²) in [6, 6.07) is 16.5. The zero-order valence-corrected chi connectivity index (χ0v) is 16.1. The van der Waals surface area contributed by atoms with Crippen molar-refractivity contribution in [2.75, 3.05) is 6.54 Å². The number of hydrogen-bond acceptors (Lipinski definition) is 4. The summed E-state index contributed by atoms with van der Waals surface area (Å²) >= 11 is 0. The number of nitrogens with zero attached hydrogens (tertiary/aromatic N) is 4. The molecule has 0 radical (unpaired) electrons. The van der Waals surface area contributed by atoms with Gasteiger partial charge < -0.3 is 5.32 Å². The summed E-state index contributed by atoms with van der Waals surface area (Å²) in [5.41, 5.74) is 4.56. The lowest BCUT2D eigenvalue weighted by atomic mass is 9.78. The molecule has 1 fully saturated rings. The lowest BCUT2D eigenvalue weighted by Gasteiger charge is -2.30. The highest BCUT2D eigenvalue weighted by Crippen LogP contribution is 2.40. The van der Waals surface area contributed by atoms with Crippen molar-refractivity contribution in [3.05, 3.63) is 71.5 Å². The molecule has 6 heteroatoms. The lowest BCUT2D eigenvalue weighted by molar-refractivity contribution is -0.120. The van der Waals surface area contributed by atoms with Crippen LogP contribution in [-0.2, 0) is 16.6 Å². The monoisotopic (exact) mass is 375 g/mol. The van der Waals surface area contributed by atoms with Crippen LogP contribution in [0.15, 0.2) is 54.9 Å². The van der Waals surface area contributed by atoms with Crippen molar-refractivity contribution in [2.24, 2.45) is 0 Å². The molecule has 0 aliphatic heterocycles. The Labute approximate surface area is 165 Å². The SMILES string of the molecule is Cc1cccc(C2(CNC(=O)Cc3ccc(-n4cnnn4)cc3)CCCC2)c1. The number of aromatic nitrogens is 4. The van der Waals surface area contributed by atoms with Gasteiger partial charge in [0.05, 0.1) is 12.1 Å². The van der Waals surface area contributed by atoms with Crippen molar-refractivity contribution < 1.29 is 4.79 Å². The van der Waals surface area contributed by atoms with Crippen LogP contribution in [0, 0.1) is 6.92 Å². The number of hydrogen-bond donors (Lipinski definition) is 1. The standard InChI is InChI=1S/C22H25N5O/c1-17-5-4-6-19(13-17)22(11-2-3-12-22)15-23-21(28)14-18-7-9-20(10-8-18)27-16-24-25-26-27/h4-10,13,16H,2-3,11-12,14-15H2,1H3,(H,23,28). The number of nitrogens with one attached hydrogen (secondary N) is 1. The van der Waals surface area contributed by atoms with Crippen molar-refractivity contribution in [2.45, 2.75) is 44.4 Å². The van der Waals surface area contributed by atoms with Crippen molar-refractivity contribution in [1.82, 2.24) is 25.5 Å². The fourth-order valence-corrected chi connectivity index (χ4v) is 4.16. The average Bonchev–Trinajstić information content (AvgIpc) is 3.40. The summed E-state index contributed by atoms with van der Waals surface area (Å²) in [5.74, 6) is 0.0640. The molecule has 1 amide bonds. The van der Waals surface area contributed by atoms with E-state index in [2.05, 4.69) is 52.0 Å². The molecule has 28 heavy (non-hydrogen) atoms. The summed E-state index contributed by atoms with van der Waals surface area (Å²) in [6.45, 7) is 2.84. The quantitative estimate of drug-likeness (QED) is 0.718. The zero-order valence-electron chi connectivity index (χ0n) is 16.1. The van der Waals surface area contributed by atoms with Crippen LogP contribution in [0.5, 0.6) is 0 Å². The van der Waals surface area contributed by atoms with E-state index in [4.69, 9.17) is 0 Å². The highest BCUT2D eigenvalue weighted by molar-refractivity contribution is 5.78. The number of carbonyl (C=O) groups is 1. The van der Waals surface area contributed by atoms with E-state index in [-0.39, 0.29) is 11.3 Å². The molecule has 4 rings (SSSR count). The smallest absolute Gasteiger partial charge is 0.224 e. The van der Waals surface area contributed by atoms with E-state index in [0.717, 1.165) is 24.1 Å². The summed E-state index contributed by atoms with van der Waals surface area (Å²) in [6.07, 6.45) is 6.65. The normalized spacial score (nSPS) is 15.5. The Kier molecular flexibility index (Phi) is 5.19. The Bertz CT molecular complexity index is 928. The second-order valence-corrected chi connectivity index (χ2v) is 7.73. The van der Waals surface area contributed by atoms with Gasteiger partial charge in [0, 0.05) is 12.0 Å². The van der Waals surface area contributed by atoms with E-state index in [9.17, 15) is 4.79 Å². The van der Waals surface area contributed by atoms with Crippen molar-refractivity contribution >= 4 is 5.91 Å². The number of carbonyl (C=O) groups excluding carboxylic acids is 1. The molecule has 0 bridgehead atoms. The molecular weight excluding hydrogens is 350 g/mol. The number of amides is 1. The van der Waals surface area contributed by atoms with Crippen molar-refractivity contribution in [3.8, 4) is 5.69 Å². The topological polar surface area (TPSA) is 72.7 Å². The van der Waals surface area contributed by atoms with E-state index in [1.165, 1.54) is 24.0 Å². The van der Waals surface area contributed by atoms with E-state index in [0.29, 0.717) is 13.0 Å². The van der Waals surface area contributed by atoms with Crippen LogP contribution in [-0.4, -0.2) is 32.7 Å². The number of tetrazole rings is 1. The first kappa shape index (κ1) is 18.3. The van der Waals surface area contributed by atoms with Crippen LogP contribution >= 0.6 is 0 Å². The molecule has 1 saturated carbocycles. The Morgan fingerprint density at radius 3 is 2.61 bits per heavy atom. The molecule has 1 aliphatic rings. The third kappa shape index (κ3) is 3.96. The van der Waals surface area contributed by atoms with Crippen LogP contribution < -0.4 is 5.32 Å². The van der Waals surface area contributed by atoms with Gasteiger partial charge in [-0.1, -0.05) is 54.8 Å². The minimum Gasteiger partial charge on any atom is -0.355 e. The minimum absolute atomic E-state index is 0.0640. The van der Waals surface area contributed by atoms with E-state index < -0.39 is 0 Å². The molecule has 0 saturated heterocycles. The molecule has 1 N–H and O–H groups in total. The first-order valence-electron chi connectivity index (χ1n) is 9.81. The summed E-state index contributed by atoms with van der Waals surface area (Å²) in [7, 11) is 0. The fraction of sp³-hybridized carbons (Fsp3) is 0.364. The maximum Gasteiger partial charge on any atom is 0.224 e. The van der Waals surface area contributed by atoms with Gasteiger partial charge in [0.2, 0.25) is 5.91 Å². The van der Waals surface area contributed by atoms with Crippen LogP contribution in [0.25, 0.3) is 5.69 Å². The molecule has 2 aromatic carbocycles. The van der Waals surface area contributed by atoms with Gasteiger partial charge in [-0.15, -0.1) is 5.10 Å². The molecule has 0 spiro atoms. The molecule has 1 aromatic heterocycles. The highest BCUT2D eigenvalue weighted by Gasteiger charge is 2.35. The van der Waals surface area contributed by atoms with Crippen LogP contribution in [0.3, 0.4) is 0 Å². The zero-order chi connectivity index (χ0) is 19.4. The molecule has 1 aliphatic carbocycles. The maximum absolute atomic E-state index is 12.6. The minimum atomic E-state index is 0.0640. The van der Waals surface area contributed by atoms with E-state index in [1.54, 1.807) is 11.0 Å². The molecule has 144 valence electrons. The van der Waals surface area contributed by atoms with Crippen LogP contribution in [0.1, 0.15) is 42.4 Å². The van der Waals surface area contributed by atoms with Crippen LogP contribution in [0.4, 0.5) is 0 Å². The molecule has 3 aromatic rings. The lowest BCUT2D eigenvalue weighted by Crippen LogP contribution is -2.39. The maximum atomic E-state index is 12.6. The average molecular weight is 375 g/mol. The Morgan fingerprint density at radius 1 is 1.14 bits per heavy atom. The Morgan fingerprint density at radius 2 is 1.93 bits per heavy atom. The molecule has 1 heterocycles. The highest BCUT2D eigenvalue weighted by atomic mass is 16.1. The molecular formula is C22H25N5O. The summed E-state index contributed by atoms with van der Waals surface area (Å²) in [4.78, 5) is 12.6. The van der Waals surface area contributed by atoms with E-state index >= 15 is 0 Å². The first-order chi connectivity index (χ1) is 13.6. The van der Waals surface area contributed by atoms with Crippen molar-refractivity contribution in [1.29, 1.82) is 0 Å². The van der Waals surface area contributed by atoms with Gasteiger partial charge in [0.1, 0.15) is 6.33 Å².